The number of anilines is 2. The van der Waals surface area contributed by atoms with E-state index in [1.54, 1.807) is 18.2 Å². The molecule has 0 bridgehead atoms. The maximum Gasteiger partial charge on any atom is 0.337 e. The van der Waals surface area contributed by atoms with Gasteiger partial charge in [0.2, 0.25) is 5.91 Å². The van der Waals surface area contributed by atoms with E-state index in [0.29, 0.717) is 17.0 Å². The number of hydrogen-bond donors (Lipinski definition) is 1. The Labute approximate surface area is 204 Å². The minimum absolute atomic E-state index is 0.0243. The summed E-state index contributed by atoms with van der Waals surface area (Å²) in [5.41, 5.74) is 1.77. The molecular weight excluding hydrogens is 472 g/mol. The van der Waals surface area contributed by atoms with Crippen molar-refractivity contribution in [3.63, 3.8) is 0 Å². The number of hydrogen-bond acceptors (Lipinski definition) is 7. The van der Waals surface area contributed by atoms with Crippen LogP contribution in [0.3, 0.4) is 0 Å². The van der Waals surface area contributed by atoms with Crippen molar-refractivity contribution < 1.29 is 32.2 Å². The van der Waals surface area contributed by atoms with Crippen LogP contribution in [0.1, 0.15) is 15.9 Å². The summed E-state index contributed by atoms with van der Waals surface area (Å²) in [6.07, 6.45) is 0. The normalized spacial score (nSPS) is 10.9. The van der Waals surface area contributed by atoms with Crippen LogP contribution in [0.15, 0.2) is 71.6 Å². The highest BCUT2D eigenvalue weighted by molar-refractivity contribution is 7.92. The molecular formula is C25H26N2O7S. The van der Waals surface area contributed by atoms with Crippen molar-refractivity contribution in [2.24, 2.45) is 0 Å². The third kappa shape index (κ3) is 5.90. The Kier molecular flexibility index (Phi) is 7.98. The van der Waals surface area contributed by atoms with Crippen molar-refractivity contribution in [1.29, 1.82) is 0 Å². The number of rotatable bonds is 9. The van der Waals surface area contributed by atoms with Crippen LogP contribution < -0.4 is 19.1 Å². The van der Waals surface area contributed by atoms with Gasteiger partial charge in [0.15, 0.2) is 0 Å². The Morgan fingerprint density at radius 3 is 2.11 bits per heavy atom. The first-order valence-electron chi connectivity index (χ1n) is 10.5. The van der Waals surface area contributed by atoms with Gasteiger partial charge in [0.05, 0.1) is 37.5 Å². The van der Waals surface area contributed by atoms with E-state index >= 15 is 0 Å². The highest BCUT2D eigenvalue weighted by atomic mass is 32.2. The van der Waals surface area contributed by atoms with Gasteiger partial charge in [0, 0.05) is 11.8 Å². The maximum absolute atomic E-state index is 13.6. The van der Waals surface area contributed by atoms with Gasteiger partial charge in [-0.25, -0.2) is 13.2 Å². The first-order chi connectivity index (χ1) is 16.7. The number of nitrogens with one attached hydrogen (secondary N) is 1. The molecule has 35 heavy (non-hydrogen) atoms. The fraction of sp³-hybridized carbons (Fsp3) is 0.200. The van der Waals surface area contributed by atoms with Gasteiger partial charge < -0.3 is 19.5 Å². The van der Waals surface area contributed by atoms with Gasteiger partial charge in [-0.1, -0.05) is 17.7 Å². The number of ether oxygens (including phenoxy) is 3. The molecule has 0 aliphatic carbocycles. The van der Waals surface area contributed by atoms with Crippen molar-refractivity contribution in [3.05, 3.63) is 77.9 Å². The highest BCUT2D eigenvalue weighted by Gasteiger charge is 2.29. The largest absolute Gasteiger partial charge is 0.497 e. The van der Waals surface area contributed by atoms with Gasteiger partial charge in [-0.2, -0.15) is 0 Å². The Morgan fingerprint density at radius 2 is 1.54 bits per heavy atom. The number of nitrogens with zero attached hydrogens (tertiary/aromatic N) is 1. The molecule has 3 aromatic carbocycles. The summed E-state index contributed by atoms with van der Waals surface area (Å²) < 4.78 is 43.5. The SMILES string of the molecule is COC(=O)c1ccc(NC(=O)CN(c2ccc(OC)cc2OC)S(=O)(=O)c2ccc(C)cc2)cc1. The lowest BCUT2D eigenvalue weighted by Gasteiger charge is -2.26. The van der Waals surface area contributed by atoms with E-state index in [1.165, 1.54) is 69.9 Å². The molecule has 0 spiro atoms. The zero-order valence-corrected chi connectivity index (χ0v) is 20.6. The molecule has 0 saturated heterocycles. The van der Waals surface area contributed by atoms with Crippen molar-refractivity contribution in [2.75, 3.05) is 37.5 Å². The third-order valence-electron chi connectivity index (χ3n) is 5.14. The lowest BCUT2D eigenvalue weighted by atomic mass is 10.2. The fourth-order valence-corrected chi connectivity index (χ4v) is 4.70. The number of esters is 1. The molecule has 0 atom stereocenters. The predicted molar refractivity (Wildman–Crippen MR) is 132 cm³/mol. The zero-order chi connectivity index (χ0) is 25.6. The van der Waals surface area contributed by atoms with E-state index < -0.39 is 28.4 Å². The number of methoxy groups -OCH3 is 3. The standard InChI is InChI=1S/C25H26N2O7S/c1-17-5-12-21(13-6-17)35(30,31)27(22-14-11-20(32-2)15-23(22)33-3)16-24(28)26-19-9-7-18(8-10-19)25(29)34-4/h5-15H,16H2,1-4H3,(H,26,28). The van der Waals surface area contributed by atoms with E-state index in [1.807, 2.05) is 6.92 Å². The third-order valence-corrected chi connectivity index (χ3v) is 6.92. The molecule has 10 heteroatoms. The van der Waals surface area contributed by atoms with Crippen LogP contribution in [-0.4, -0.2) is 48.2 Å². The second-order valence-electron chi connectivity index (χ2n) is 7.48. The average Bonchev–Trinajstić information content (AvgIpc) is 2.87. The predicted octanol–water partition coefficient (Wildman–Crippen LogP) is 3.63. The molecule has 184 valence electrons. The van der Waals surface area contributed by atoms with Crippen molar-refractivity contribution >= 4 is 33.3 Å². The summed E-state index contributed by atoms with van der Waals surface area (Å²) in [5, 5.41) is 2.66. The molecule has 0 fully saturated rings. The monoisotopic (exact) mass is 498 g/mol. The van der Waals surface area contributed by atoms with E-state index in [0.717, 1.165) is 9.87 Å². The van der Waals surface area contributed by atoms with Gasteiger partial charge in [-0.15, -0.1) is 0 Å². The van der Waals surface area contributed by atoms with Crippen LogP contribution in [0.5, 0.6) is 11.5 Å². The summed E-state index contributed by atoms with van der Waals surface area (Å²) in [6, 6.07) is 17.0. The van der Waals surface area contributed by atoms with Gasteiger partial charge in [0.25, 0.3) is 10.0 Å². The number of benzene rings is 3. The van der Waals surface area contributed by atoms with Crippen molar-refractivity contribution in [2.45, 2.75) is 11.8 Å². The molecule has 0 aromatic heterocycles. The summed E-state index contributed by atoms with van der Waals surface area (Å²) in [4.78, 5) is 24.6. The molecule has 0 heterocycles. The van der Waals surface area contributed by atoms with Gasteiger partial charge in [-0.05, 0) is 55.5 Å². The first kappa shape index (κ1) is 25.6. The van der Waals surface area contributed by atoms with Gasteiger partial charge in [0.1, 0.15) is 18.0 Å². The maximum atomic E-state index is 13.6. The molecule has 0 aliphatic rings. The van der Waals surface area contributed by atoms with Gasteiger partial charge in [-0.3, -0.25) is 9.10 Å². The molecule has 0 radical (unpaired) electrons. The molecule has 0 saturated carbocycles. The number of sulfonamides is 1. The van der Waals surface area contributed by atoms with Crippen LogP contribution in [-0.2, 0) is 19.6 Å². The van der Waals surface area contributed by atoms with Crippen LogP contribution in [0.2, 0.25) is 0 Å². The van der Waals surface area contributed by atoms with E-state index in [9.17, 15) is 18.0 Å². The summed E-state index contributed by atoms with van der Waals surface area (Å²) in [5.74, 6) is -0.419. The number of aryl methyl sites for hydroxylation is 1. The van der Waals surface area contributed by atoms with Crippen molar-refractivity contribution in [1.82, 2.24) is 0 Å². The van der Waals surface area contributed by atoms with Crippen molar-refractivity contribution in [3.8, 4) is 11.5 Å². The second-order valence-corrected chi connectivity index (χ2v) is 9.34. The molecule has 0 unspecified atom stereocenters. The molecule has 3 aromatic rings. The van der Waals surface area contributed by atoms with Crippen LogP contribution in [0.4, 0.5) is 11.4 Å². The number of carbonyl (C=O) groups is 2. The van der Waals surface area contributed by atoms with Crippen LogP contribution >= 0.6 is 0 Å². The summed E-state index contributed by atoms with van der Waals surface area (Å²) >= 11 is 0. The van der Waals surface area contributed by atoms with Crippen LogP contribution in [0, 0.1) is 6.92 Å². The van der Waals surface area contributed by atoms with E-state index in [4.69, 9.17) is 9.47 Å². The molecule has 9 nitrogen and oxygen atoms in total. The van der Waals surface area contributed by atoms with Crippen LogP contribution in [0.25, 0.3) is 0 Å². The Hall–Kier alpha value is -4.05. The number of carbonyl (C=O) groups excluding carboxylic acids is 2. The molecule has 1 N–H and O–H groups in total. The Bertz CT molecular complexity index is 1300. The minimum Gasteiger partial charge on any atom is -0.497 e. The van der Waals surface area contributed by atoms with Gasteiger partial charge >= 0.3 is 5.97 Å². The smallest absolute Gasteiger partial charge is 0.337 e. The molecule has 1 amide bonds. The first-order valence-corrected chi connectivity index (χ1v) is 11.9. The summed E-state index contributed by atoms with van der Waals surface area (Å²) in [6.45, 7) is 1.32. The summed E-state index contributed by atoms with van der Waals surface area (Å²) in [7, 11) is 0.0121. The van der Waals surface area contributed by atoms with E-state index in [-0.39, 0.29) is 16.3 Å². The molecule has 0 aliphatic heterocycles. The average molecular weight is 499 g/mol. The minimum atomic E-state index is -4.14. The Morgan fingerprint density at radius 1 is 0.886 bits per heavy atom. The quantitative estimate of drug-likeness (QED) is 0.449. The fourth-order valence-electron chi connectivity index (χ4n) is 3.27. The lowest BCUT2D eigenvalue weighted by Crippen LogP contribution is -2.38. The number of amides is 1. The second kappa shape index (κ2) is 10.9. The van der Waals surface area contributed by atoms with E-state index in [2.05, 4.69) is 10.1 Å². The Balaban J connectivity index is 1.96. The lowest BCUT2D eigenvalue weighted by molar-refractivity contribution is -0.114. The topological polar surface area (TPSA) is 111 Å². The zero-order valence-electron chi connectivity index (χ0n) is 19.8. The highest BCUT2D eigenvalue weighted by Crippen LogP contribution is 2.35. The molecule has 3 rings (SSSR count).